The Labute approximate surface area is 144 Å². The normalized spacial score (nSPS) is 10.4. The van der Waals surface area contributed by atoms with E-state index < -0.39 is 12.6 Å². The summed E-state index contributed by atoms with van der Waals surface area (Å²) in [6.07, 6.45) is 3.03. The van der Waals surface area contributed by atoms with Crippen LogP contribution in [0.3, 0.4) is 0 Å². The fourth-order valence-corrected chi connectivity index (χ4v) is 1.91. The van der Waals surface area contributed by atoms with E-state index in [-0.39, 0.29) is 11.7 Å². The molecule has 0 aliphatic rings. The number of anilines is 1. The molecule has 0 spiro atoms. The molecule has 2 rings (SSSR count). The van der Waals surface area contributed by atoms with Gasteiger partial charge in [0.25, 0.3) is 0 Å². The lowest BCUT2D eigenvalue weighted by Gasteiger charge is -2.05. The third-order valence-electron chi connectivity index (χ3n) is 3.13. The van der Waals surface area contributed by atoms with Crippen LogP contribution in [0.2, 0.25) is 0 Å². The smallest absolute Gasteiger partial charge is 0.341 e. The van der Waals surface area contributed by atoms with Crippen molar-refractivity contribution in [2.75, 3.05) is 11.9 Å². The molecule has 0 saturated heterocycles. The molecule has 0 bridgehead atoms. The molecule has 2 aromatic carbocycles. The van der Waals surface area contributed by atoms with E-state index in [0.29, 0.717) is 17.0 Å². The zero-order chi connectivity index (χ0) is 18.2. The largest absolute Gasteiger partial charge is 0.482 e. The summed E-state index contributed by atoms with van der Waals surface area (Å²) in [5.41, 5.74) is 7.36. The van der Waals surface area contributed by atoms with Crippen LogP contribution in [0.4, 0.5) is 5.69 Å². The molecule has 0 atom stereocenters. The van der Waals surface area contributed by atoms with Crippen LogP contribution in [0.15, 0.2) is 54.6 Å². The van der Waals surface area contributed by atoms with Gasteiger partial charge in [0.15, 0.2) is 6.61 Å². The van der Waals surface area contributed by atoms with Gasteiger partial charge < -0.3 is 20.9 Å². The number of hydrogen-bond acceptors (Lipinski definition) is 4. The second kappa shape index (κ2) is 8.30. The summed E-state index contributed by atoms with van der Waals surface area (Å²) in [5, 5.41) is 18.5. The molecule has 0 fully saturated rings. The Hall–Kier alpha value is -3.61. The topological polar surface area (TPSA) is 126 Å². The molecule has 1 amide bonds. The summed E-state index contributed by atoms with van der Waals surface area (Å²) < 4.78 is 5.01. The first kappa shape index (κ1) is 17.7. The number of ether oxygens (including phenoxy) is 1. The number of carboxylic acids is 1. The van der Waals surface area contributed by atoms with Crippen LogP contribution in [0, 0.1) is 5.41 Å². The highest BCUT2D eigenvalue weighted by atomic mass is 16.5. The van der Waals surface area contributed by atoms with E-state index in [2.05, 4.69) is 5.32 Å². The fraction of sp³-hybridized carbons (Fsp3) is 0.0556. The monoisotopic (exact) mass is 339 g/mol. The number of carboxylic acid groups (broad SMARTS) is 1. The fourth-order valence-electron chi connectivity index (χ4n) is 1.91. The minimum Gasteiger partial charge on any atom is -0.482 e. The molecule has 7 heteroatoms. The first-order chi connectivity index (χ1) is 11.9. The number of amides is 1. The number of aliphatic carboxylic acids is 1. The van der Waals surface area contributed by atoms with Crippen molar-refractivity contribution in [1.82, 2.24) is 0 Å². The maximum absolute atomic E-state index is 11.9. The van der Waals surface area contributed by atoms with Crippen molar-refractivity contribution in [3.8, 4) is 5.75 Å². The van der Waals surface area contributed by atoms with Gasteiger partial charge in [-0.15, -0.1) is 0 Å². The second-order valence-corrected chi connectivity index (χ2v) is 5.07. The number of benzene rings is 2. The van der Waals surface area contributed by atoms with Crippen molar-refractivity contribution >= 4 is 29.5 Å². The molecule has 0 aliphatic heterocycles. The Kier molecular flexibility index (Phi) is 5.89. The number of nitrogens with two attached hydrogens (primary N) is 1. The van der Waals surface area contributed by atoms with Gasteiger partial charge in [-0.25, -0.2) is 4.79 Å². The lowest BCUT2D eigenvalue weighted by molar-refractivity contribution is -0.139. The first-order valence-corrected chi connectivity index (χ1v) is 7.32. The summed E-state index contributed by atoms with van der Waals surface area (Å²) in [4.78, 5) is 22.3. The number of nitrogens with one attached hydrogen (secondary N) is 2. The molecule has 0 saturated carbocycles. The van der Waals surface area contributed by atoms with Crippen LogP contribution in [0.1, 0.15) is 11.1 Å². The summed E-state index contributed by atoms with van der Waals surface area (Å²) >= 11 is 0. The molecular weight excluding hydrogens is 322 g/mol. The minimum absolute atomic E-state index is 0.0101. The molecule has 0 aliphatic carbocycles. The molecule has 0 radical (unpaired) electrons. The van der Waals surface area contributed by atoms with Gasteiger partial charge in [0, 0.05) is 17.3 Å². The number of rotatable bonds is 7. The predicted molar refractivity (Wildman–Crippen MR) is 94.7 cm³/mol. The molecule has 25 heavy (non-hydrogen) atoms. The van der Waals surface area contributed by atoms with Crippen LogP contribution in [-0.4, -0.2) is 29.4 Å². The third kappa shape index (κ3) is 5.83. The van der Waals surface area contributed by atoms with Crippen LogP contribution in [-0.2, 0) is 9.59 Å². The molecule has 5 N–H and O–H groups in total. The Bertz CT molecular complexity index is 796. The highest BCUT2D eigenvalue weighted by Crippen LogP contribution is 2.15. The number of amidine groups is 1. The Morgan fingerprint density at radius 1 is 1.12 bits per heavy atom. The standard InChI is InChI=1S/C18H17N3O4/c19-18(20)13-4-1-12(2-5-13)3-10-16(22)21-14-6-8-15(9-7-14)25-11-17(23)24/h1-10H,11H2,(H3,19,20)(H,21,22)(H,23,24)/b10-3+. The van der Waals surface area contributed by atoms with E-state index >= 15 is 0 Å². The van der Waals surface area contributed by atoms with Gasteiger partial charge >= 0.3 is 5.97 Å². The lowest BCUT2D eigenvalue weighted by atomic mass is 10.1. The van der Waals surface area contributed by atoms with Gasteiger partial charge in [0.05, 0.1) is 0 Å². The minimum atomic E-state index is -1.06. The van der Waals surface area contributed by atoms with Gasteiger partial charge in [-0.3, -0.25) is 10.2 Å². The Morgan fingerprint density at radius 2 is 1.76 bits per heavy atom. The van der Waals surface area contributed by atoms with Crippen molar-refractivity contribution < 1.29 is 19.4 Å². The number of hydrogen-bond donors (Lipinski definition) is 4. The quantitative estimate of drug-likeness (QED) is 0.349. The second-order valence-electron chi connectivity index (χ2n) is 5.07. The highest BCUT2D eigenvalue weighted by molar-refractivity contribution is 6.02. The maximum atomic E-state index is 11.9. The van der Waals surface area contributed by atoms with E-state index in [9.17, 15) is 9.59 Å². The molecule has 128 valence electrons. The van der Waals surface area contributed by atoms with Gasteiger partial charge in [-0.1, -0.05) is 24.3 Å². The molecule has 2 aromatic rings. The summed E-state index contributed by atoms with van der Waals surface area (Å²) in [6, 6.07) is 13.3. The average Bonchev–Trinajstić information content (AvgIpc) is 2.59. The van der Waals surface area contributed by atoms with Crippen LogP contribution < -0.4 is 15.8 Å². The zero-order valence-corrected chi connectivity index (χ0v) is 13.2. The average molecular weight is 339 g/mol. The van der Waals surface area contributed by atoms with Crippen LogP contribution in [0.5, 0.6) is 5.75 Å². The molecule has 0 aromatic heterocycles. The van der Waals surface area contributed by atoms with Crippen molar-refractivity contribution in [2.45, 2.75) is 0 Å². The van der Waals surface area contributed by atoms with E-state index in [4.69, 9.17) is 21.0 Å². The van der Waals surface area contributed by atoms with E-state index in [0.717, 1.165) is 5.56 Å². The van der Waals surface area contributed by atoms with Gasteiger partial charge in [-0.05, 0) is 35.9 Å². The summed E-state index contributed by atoms with van der Waals surface area (Å²) in [7, 11) is 0. The third-order valence-corrected chi connectivity index (χ3v) is 3.13. The Balaban J connectivity index is 1.90. The van der Waals surface area contributed by atoms with Crippen LogP contribution in [0.25, 0.3) is 6.08 Å². The van der Waals surface area contributed by atoms with Gasteiger partial charge in [0.2, 0.25) is 5.91 Å². The lowest BCUT2D eigenvalue weighted by Crippen LogP contribution is -2.10. The van der Waals surface area contributed by atoms with Crippen molar-refractivity contribution in [3.63, 3.8) is 0 Å². The Morgan fingerprint density at radius 3 is 2.32 bits per heavy atom. The van der Waals surface area contributed by atoms with E-state index in [1.54, 1.807) is 54.6 Å². The van der Waals surface area contributed by atoms with Gasteiger partial charge in [0.1, 0.15) is 11.6 Å². The molecule has 0 unspecified atom stereocenters. The number of nitrogen functional groups attached to an aromatic ring is 1. The van der Waals surface area contributed by atoms with Crippen molar-refractivity contribution in [3.05, 3.63) is 65.7 Å². The number of carbonyl (C=O) groups is 2. The maximum Gasteiger partial charge on any atom is 0.341 e. The van der Waals surface area contributed by atoms with Gasteiger partial charge in [-0.2, -0.15) is 0 Å². The molecular formula is C18H17N3O4. The van der Waals surface area contributed by atoms with Crippen molar-refractivity contribution in [1.29, 1.82) is 5.41 Å². The molecule has 7 nitrogen and oxygen atoms in total. The predicted octanol–water partition coefficient (Wildman–Crippen LogP) is 2.09. The number of carbonyl (C=O) groups excluding carboxylic acids is 1. The van der Waals surface area contributed by atoms with E-state index in [1.807, 2.05) is 0 Å². The zero-order valence-electron chi connectivity index (χ0n) is 13.2. The SMILES string of the molecule is N=C(N)c1ccc(/C=C/C(=O)Nc2ccc(OCC(=O)O)cc2)cc1. The van der Waals surface area contributed by atoms with Crippen LogP contribution >= 0.6 is 0 Å². The molecule has 0 heterocycles. The summed E-state index contributed by atoms with van der Waals surface area (Å²) in [5.74, 6) is -0.973. The summed E-state index contributed by atoms with van der Waals surface area (Å²) in [6.45, 7) is -0.420. The first-order valence-electron chi connectivity index (χ1n) is 7.32. The van der Waals surface area contributed by atoms with Crippen molar-refractivity contribution in [2.24, 2.45) is 5.73 Å². The van der Waals surface area contributed by atoms with E-state index in [1.165, 1.54) is 6.08 Å². The highest BCUT2D eigenvalue weighted by Gasteiger charge is 2.01.